The van der Waals surface area contributed by atoms with Crippen molar-refractivity contribution in [2.45, 2.75) is 13.2 Å². The summed E-state index contributed by atoms with van der Waals surface area (Å²) < 4.78 is 48.0. The van der Waals surface area contributed by atoms with Crippen LogP contribution in [0.4, 0.5) is 18.9 Å². The molecule has 0 bridgehead atoms. The first kappa shape index (κ1) is 16.9. The Kier molecular flexibility index (Phi) is 4.37. The third kappa shape index (κ3) is 3.31. The van der Waals surface area contributed by atoms with Crippen molar-refractivity contribution in [3.8, 4) is 17.4 Å². The highest BCUT2D eigenvalue weighted by Crippen LogP contribution is 2.37. The molecular weight excluding hydrogens is 343 g/mol. The maximum atomic E-state index is 12.7. The van der Waals surface area contributed by atoms with Gasteiger partial charge >= 0.3 is 12.0 Å². The Morgan fingerprint density at radius 3 is 2.52 bits per heavy atom. The first-order valence-corrected chi connectivity index (χ1v) is 6.35. The van der Waals surface area contributed by atoms with E-state index in [4.69, 9.17) is 21.1 Å². The molecule has 0 aliphatic carbocycles. The van der Waals surface area contributed by atoms with E-state index in [9.17, 15) is 23.3 Å². The van der Waals surface area contributed by atoms with E-state index < -0.39 is 17.1 Å². The van der Waals surface area contributed by atoms with Crippen molar-refractivity contribution in [3.63, 3.8) is 0 Å². The SMILES string of the molecule is COc1cc(Oc2nn(C(F)(F)F)c(C)c2Cl)ccc1[N+](=O)[O-]. The lowest BCUT2D eigenvalue weighted by Crippen LogP contribution is -2.19. The van der Waals surface area contributed by atoms with Crippen LogP contribution in [0.5, 0.6) is 17.4 Å². The topological polar surface area (TPSA) is 79.4 Å². The fraction of sp³-hybridized carbons (Fsp3) is 0.250. The van der Waals surface area contributed by atoms with E-state index >= 15 is 0 Å². The van der Waals surface area contributed by atoms with Crippen LogP contribution < -0.4 is 9.47 Å². The minimum atomic E-state index is -4.75. The van der Waals surface area contributed by atoms with Crippen LogP contribution in [0.2, 0.25) is 5.02 Å². The fourth-order valence-electron chi connectivity index (χ4n) is 1.75. The van der Waals surface area contributed by atoms with Crippen molar-refractivity contribution in [2.24, 2.45) is 0 Å². The van der Waals surface area contributed by atoms with Gasteiger partial charge in [0, 0.05) is 12.1 Å². The van der Waals surface area contributed by atoms with Gasteiger partial charge < -0.3 is 9.47 Å². The van der Waals surface area contributed by atoms with Crippen LogP contribution in [-0.4, -0.2) is 21.8 Å². The molecule has 2 rings (SSSR count). The summed E-state index contributed by atoms with van der Waals surface area (Å²) in [4.78, 5) is 10.1. The van der Waals surface area contributed by atoms with Crippen LogP contribution in [0.15, 0.2) is 18.2 Å². The smallest absolute Gasteiger partial charge is 0.490 e. The Labute approximate surface area is 132 Å². The molecule has 0 aliphatic rings. The van der Waals surface area contributed by atoms with Gasteiger partial charge in [0.25, 0.3) is 5.88 Å². The van der Waals surface area contributed by atoms with E-state index in [0.29, 0.717) is 0 Å². The van der Waals surface area contributed by atoms with E-state index in [-0.39, 0.29) is 32.6 Å². The van der Waals surface area contributed by atoms with Crippen molar-refractivity contribution >= 4 is 17.3 Å². The van der Waals surface area contributed by atoms with Gasteiger partial charge in [-0.25, -0.2) is 0 Å². The normalized spacial score (nSPS) is 11.4. The van der Waals surface area contributed by atoms with Crippen LogP contribution in [0.25, 0.3) is 0 Å². The first-order chi connectivity index (χ1) is 10.6. The summed E-state index contributed by atoms with van der Waals surface area (Å²) in [7, 11) is 1.21. The van der Waals surface area contributed by atoms with Gasteiger partial charge in [-0.15, -0.1) is 18.3 Å². The molecule has 0 fully saturated rings. The molecule has 2 aromatic rings. The van der Waals surface area contributed by atoms with Crippen LogP contribution in [0.1, 0.15) is 5.69 Å². The van der Waals surface area contributed by atoms with Gasteiger partial charge in [0.05, 0.1) is 17.7 Å². The number of hydrogen-bond acceptors (Lipinski definition) is 5. The number of methoxy groups -OCH3 is 1. The fourth-order valence-corrected chi connectivity index (χ4v) is 1.91. The molecule has 124 valence electrons. The number of halogens is 4. The molecule has 0 N–H and O–H groups in total. The summed E-state index contributed by atoms with van der Waals surface area (Å²) in [6.45, 7) is 1.13. The van der Waals surface area contributed by atoms with Crippen LogP contribution in [-0.2, 0) is 6.30 Å². The number of hydrogen-bond donors (Lipinski definition) is 0. The highest BCUT2D eigenvalue weighted by Gasteiger charge is 2.36. The van der Waals surface area contributed by atoms with Gasteiger partial charge in [0.1, 0.15) is 10.8 Å². The summed E-state index contributed by atoms with van der Waals surface area (Å²) in [6, 6.07) is 3.44. The van der Waals surface area contributed by atoms with Gasteiger partial charge in [-0.2, -0.15) is 4.68 Å². The summed E-state index contributed by atoms with van der Waals surface area (Å²) in [5, 5.41) is 13.7. The predicted octanol–water partition coefficient (Wildman–Crippen LogP) is 4.03. The minimum absolute atomic E-state index is 0.0128. The molecule has 23 heavy (non-hydrogen) atoms. The second-order valence-corrected chi connectivity index (χ2v) is 4.65. The summed E-state index contributed by atoms with van der Waals surface area (Å²) in [5.74, 6) is -0.603. The maximum Gasteiger partial charge on any atom is 0.504 e. The Bertz CT molecular complexity index is 761. The number of nitrogens with zero attached hydrogens (tertiary/aromatic N) is 3. The zero-order valence-corrected chi connectivity index (χ0v) is 12.5. The van der Waals surface area contributed by atoms with Gasteiger partial charge in [-0.3, -0.25) is 10.1 Å². The zero-order valence-electron chi connectivity index (χ0n) is 11.7. The number of benzene rings is 1. The van der Waals surface area contributed by atoms with Crippen molar-refractivity contribution in [3.05, 3.63) is 39.0 Å². The largest absolute Gasteiger partial charge is 0.504 e. The highest BCUT2D eigenvalue weighted by molar-refractivity contribution is 6.32. The molecule has 0 amide bonds. The number of rotatable bonds is 4. The maximum absolute atomic E-state index is 12.7. The molecule has 0 saturated carbocycles. The van der Waals surface area contributed by atoms with E-state index in [2.05, 4.69) is 5.10 Å². The average Bonchev–Trinajstić information content (AvgIpc) is 2.75. The molecule has 7 nitrogen and oxygen atoms in total. The molecule has 0 saturated heterocycles. The number of alkyl halides is 3. The van der Waals surface area contributed by atoms with Crippen molar-refractivity contribution in [1.82, 2.24) is 9.78 Å². The molecule has 1 aromatic heterocycles. The number of nitro benzene ring substituents is 1. The van der Waals surface area contributed by atoms with Crippen LogP contribution in [0.3, 0.4) is 0 Å². The van der Waals surface area contributed by atoms with Gasteiger partial charge in [-0.05, 0) is 13.0 Å². The first-order valence-electron chi connectivity index (χ1n) is 5.97. The molecule has 0 unspecified atom stereocenters. The van der Waals surface area contributed by atoms with Crippen molar-refractivity contribution < 1.29 is 27.6 Å². The number of nitro groups is 1. The molecular formula is C12H9ClF3N3O4. The molecule has 1 heterocycles. The van der Waals surface area contributed by atoms with E-state index in [1.165, 1.54) is 13.2 Å². The Morgan fingerprint density at radius 2 is 2.04 bits per heavy atom. The lowest BCUT2D eigenvalue weighted by Gasteiger charge is -2.07. The molecule has 0 atom stereocenters. The number of ether oxygens (including phenoxy) is 2. The Balaban J connectivity index is 2.39. The second kappa shape index (κ2) is 5.95. The highest BCUT2D eigenvalue weighted by atomic mass is 35.5. The summed E-state index contributed by atoms with van der Waals surface area (Å²) in [5.41, 5.74) is -0.661. The predicted molar refractivity (Wildman–Crippen MR) is 73.0 cm³/mol. The van der Waals surface area contributed by atoms with Crippen molar-refractivity contribution in [1.29, 1.82) is 0 Å². The molecule has 1 aromatic carbocycles. The van der Waals surface area contributed by atoms with E-state index in [1.54, 1.807) is 0 Å². The molecule has 11 heteroatoms. The lowest BCUT2D eigenvalue weighted by molar-refractivity contribution is -0.385. The Morgan fingerprint density at radius 1 is 1.39 bits per heavy atom. The number of aromatic nitrogens is 2. The summed E-state index contributed by atoms with van der Waals surface area (Å²) >= 11 is 5.78. The lowest BCUT2D eigenvalue weighted by atomic mass is 10.3. The standard InChI is InChI=1S/C12H9ClF3N3O4/c1-6-10(13)11(17-18(6)12(14,15)16)23-7-3-4-8(19(20)21)9(5-7)22-2/h3-5H,1-2H3. The quantitative estimate of drug-likeness (QED) is 0.613. The molecule has 0 spiro atoms. The van der Waals surface area contributed by atoms with Crippen molar-refractivity contribution in [2.75, 3.05) is 7.11 Å². The molecule has 0 aliphatic heterocycles. The zero-order chi connectivity index (χ0) is 17.4. The monoisotopic (exact) mass is 351 g/mol. The molecule has 0 radical (unpaired) electrons. The third-order valence-corrected chi connectivity index (χ3v) is 3.25. The average molecular weight is 352 g/mol. The van der Waals surface area contributed by atoms with Gasteiger partial charge in [-0.1, -0.05) is 11.6 Å². The van der Waals surface area contributed by atoms with E-state index in [1.807, 2.05) is 0 Å². The van der Waals surface area contributed by atoms with Gasteiger partial charge in [0.15, 0.2) is 0 Å². The van der Waals surface area contributed by atoms with Gasteiger partial charge in [0.2, 0.25) is 5.75 Å². The summed E-state index contributed by atoms with van der Waals surface area (Å²) in [6.07, 6.45) is -4.75. The Hall–Kier alpha value is -2.49. The van der Waals surface area contributed by atoms with Crippen LogP contribution in [0, 0.1) is 17.0 Å². The minimum Gasteiger partial charge on any atom is -0.490 e. The third-order valence-electron chi connectivity index (χ3n) is 2.82. The van der Waals surface area contributed by atoms with E-state index in [0.717, 1.165) is 19.1 Å². The van der Waals surface area contributed by atoms with Crippen LogP contribution >= 0.6 is 11.6 Å². The second-order valence-electron chi connectivity index (χ2n) is 4.28.